The molecule has 0 spiro atoms. The van der Waals surface area contributed by atoms with Crippen molar-refractivity contribution < 1.29 is 91.4 Å². The summed E-state index contributed by atoms with van der Waals surface area (Å²) in [6.45, 7) is -0.161. The minimum absolute atomic E-state index is 0. The number of carbonyl (C=O) groups excluding carboxylic acids is 1. The first-order valence-corrected chi connectivity index (χ1v) is 22.1. The second-order valence-corrected chi connectivity index (χ2v) is 16.2. The average Bonchev–Trinajstić information content (AvgIpc) is 3.39. The number of rotatable bonds is 13. The third-order valence-electron chi connectivity index (χ3n) is 10.5. The maximum Gasteiger partial charge on any atom is 1.00 e. The van der Waals surface area contributed by atoms with E-state index in [1.54, 1.807) is 42.5 Å². The number of benzene rings is 6. The van der Waals surface area contributed by atoms with Gasteiger partial charge in [0.05, 0.1) is 47.0 Å². The number of hydrogen-bond donors (Lipinski definition) is 2. The molecule has 0 radical (unpaired) electrons. The fourth-order valence-electron chi connectivity index (χ4n) is 7.00. The molecule has 3 heterocycles. The van der Waals surface area contributed by atoms with Gasteiger partial charge in [-0.05, 0) is 89.5 Å². The molecule has 2 N–H and O–H groups in total. The number of methoxy groups -OCH3 is 1. The van der Waals surface area contributed by atoms with E-state index in [1.807, 2.05) is 42.5 Å². The first kappa shape index (κ1) is 54.7. The van der Waals surface area contributed by atoms with E-state index in [9.17, 15) is 43.0 Å². The Hall–Kier alpha value is -8.59. The van der Waals surface area contributed by atoms with Crippen LogP contribution >= 0.6 is 15.9 Å². The molecular formula is C54H34BrF3N5NaO10. The minimum Gasteiger partial charge on any atom is -0.543 e. The number of carbonyl (C=O) groups is 3. The number of aromatic nitrogens is 3. The van der Waals surface area contributed by atoms with Gasteiger partial charge in [0.2, 0.25) is 0 Å². The maximum atomic E-state index is 13.9. The molecule has 0 saturated carbocycles. The Morgan fingerprint density at radius 1 is 0.635 bits per heavy atom. The summed E-state index contributed by atoms with van der Waals surface area (Å²) >= 11 is 3.19. The summed E-state index contributed by atoms with van der Waals surface area (Å²) in [6, 6.07) is 39.7. The van der Waals surface area contributed by atoms with Gasteiger partial charge in [0, 0.05) is 44.4 Å². The average molecular weight is 1070 g/mol. The first-order valence-electron chi connectivity index (χ1n) is 21.3. The van der Waals surface area contributed by atoms with Gasteiger partial charge in [0.25, 0.3) is 0 Å². The minimum atomic E-state index is -1.42. The van der Waals surface area contributed by atoms with E-state index in [-0.39, 0.29) is 83.7 Å². The van der Waals surface area contributed by atoms with E-state index < -0.39 is 35.4 Å². The Balaban J connectivity index is 0.000000185. The van der Waals surface area contributed by atoms with E-state index in [2.05, 4.69) is 37.0 Å². The summed E-state index contributed by atoms with van der Waals surface area (Å²) in [5.74, 6) is -4.01. The molecule has 0 fully saturated rings. The van der Waals surface area contributed by atoms with Crippen LogP contribution in [0.25, 0.3) is 43.8 Å². The molecule has 9 rings (SSSR count). The van der Waals surface area contributed by atoms with Crippen LogP contribution in [0, 0.1) is 40.1 Å². The third-order valence-corrected chi connectivity index (χ3v) is 11.0. The van der Waals surface area contributed by atoms with Crippen molar-refractivity contribution in [3.05, 3.63) is 195 Å². The standard InChI is InChI=1S/C24H15FN2O3.C18H13BrFNO4.C12H7FN2O3.Na/c25-18-9-10-21-20(11-18)23(12-22(27-21)24(28)29)30-14-15-5-7-16(8-6-15)19-4-2-1-3-17(19)13-26;1-24-12-4-5-15-13(7-12)17(8-16(21-15)18(22)23)25-9-10-2-3-11(19)6-14(10)20;13-7-1-2-9-8(5-7)11(18-4-3-14)6-10(15-9)12(16)17;/h1-12H,14H2,(H,28,29);2-8H,9H2,1H3,(H,22,23);1-2,5-6H,4H2,(H,16,17);/q;;;+1/p-1. The van der Waals surface area contributed by atoms with Gasteiger partial charge in [-0.25, -0.2) is 37.7 Å². The van der Waals surface area contributed by atoms with Gasteiger partial charge in [-0.3, -0.25) is 0 Å². The van der Waals surface area contributed by atoms with Crippen LogP contribution in [-0.4, -0.2) is 56.8 Å². The monoisotopic (exact) mass is 1070 g/mol. The number of halogens is 4. The zero-order valence-corrected chi connectivity index (χ0v) is 42.4. The summed E-state index contributed by atoms with van der Waals surface area (Å²) in [4.78, 5) is 45.3. The van der Waals surface area contributed by atoms with Gasteiger partial charge in [0.15, 0.2) is 18.0 Å². The molecular weight excluding hydrogens is 1040 g/mol. The number of nitriles is 2. The summed E-state index contributed by atoms with van der Waals surface area (Å²) in [5, 5.41) is 48.3. The number of ether oxygens (including phenoxy) is 4. The number of hydrogen-bond acceptors (Lipinski definition) is 13. The Kier molecular flexibility index (Phi) is 18.6. The fourth-order valence-corrected chi connectivity index (χ4v) is 7.33. The van der Waals surface area contributed by atoms with Crippen molar-refractivity contribution in [3.63, 3.8) is 0 Å². The second-order valence-electron chi connectivity index (χ2n) is 15.2. The Labute approximate surface area is 449 Å². The predicted octanol–water partition coefficient (Wildman–Crippen LogP) is 7.26. The zero-order valence-electron chi connectivity index (χ0n) is 38.8. The van der Waals surface area contributed by atoms with Crippen LogP contribution in [0.1, 0.15) is 48.2 Å². The van der Waals surface area contributed by atoms with E-state index in [0.29, 0.717) is 54.1 Å². The molecule has 0 aliphatic carbocycles. The Bertz CT molecular complexity index is 3670. The zero-order chi connectivity index (χ0) is 52.2. The number of nitrogens with zero attached hydrogens (tertiary/aromatic N) is 5. The molecule has 0 unspecified atom stereocenters. The number of fused-ring (bicyclic) bond motifs is 3. The third kappa shape index (κ3) is 13.7. The molecule has 3 aromatic heterocycles. The summed E-state index contributed by atoms with van der Waals surface area (Å²) in [5.41, 5.74) is 3.91. The van der Waals surface area contributed by atoms with Crippen LogP contribution in [-0.2, 0) is 13.2 Å². The van der Waals surface area contributed by atoms with Crippen LogP contribution in [0.5, 0.6) is 23.0 Å². The molecule has 364 valence electrons. The predicted molar refractivity (Wildman–Crippen MR) is 260 cm³/mol. The Morgan fingerprint density at radius 2 is 1.16 bits per heavy atom. The molecule has 0 amide bonds. The van der Waals surface area contributed by atoms with Crippen LogP contribution in [0.4, 0.5) is 13.2 Å². The molecule has 0 bridgehead atoms. The smallest absolute Gasteiger partial charge is 0.543 e. The van der Waals surface area contributed by atoms with Crippen molar-refractivity contribution in [2.75, 3.05) is 13.7 Å². The van der Waals surface area contributed by atoms with Crippen molar-refractivity contribution in [1.29, 1.82) is 10.5 Å². The van der Waals surface area contributed by atoms with Crippen molar-refractivity contribution in [1.82, 2.24) is 15.0 Å². The van der Waals surface area contributed by atoms with Crippen LogP contribution in [0.15, 0.2) is 144 Å². The van der Waals surface area contributed by atoms with Crippen LogP contribution < -0.4 is 53.6 Å². The molecule has 0 aliphatic rings. The van der Waals surface area contributed by atoms with Crippen molar-refractivity contribution in [3.8, 4) is 46.3 Å². The van der Waals surface area contributed by atoms with Gasteiger partial charge in [-0.2, -0.15) is 10.5 Å². The molecule has 74 heavy (non-hydrogen) atoms. The van der Waals surface area contributed by atoms with E-state index in [1.165, 1.54) is 67.8 Å². The largest absolute Gasteiger partial charge is 1.00 e. The van der Waals surface area contributed by atoms with E-state index in [0.717, 1.165) is 16.7 Å². The van der Waals surface area contributed by atoms with E-state index in [4.69, 9.17) is 29.3 Å². The van der Waals surface area contributed by atoms with Gasteiger partial charge in [0.1, 0.15) is 59.7 Å². The molecule has 6 aromatic carbocycles. The van der Waals surface area contributed by atoms with Gasteiger partial charge in [-0.1, -0.05) is 64.5 Å². The number of carboxylic acid groups (broad SMARTS) is 3. The molecule has 15 nitrogen and oxygen atoms in total. The molecule has 0 aliphatic heterocycles. The van der Waals surface area contributed by atoms with Crippen molar-refractivity contribution >= 4 is 66.5 Å². The summed E-state index contributed by atoms with van der Waals surface area (Å²) in [6.07, 6.45) is 0. The summed E-state index contributed by atoms with van der Waals surface area (Å²) in [7, 11) is 1.52. The molecule has 9 aromatic rings. The van der Waals surface area contributed by atoms with Crippen LogP contribution in [0.2, 0.25) is 0 Å². The summed E-state index contributed by atoms with van der Waals surface area (Å²) < 4.78 is 63.1. The normalized spacial score (nSPS) is 10.3. The number of aromatic carboxylic acids is 3. The maximum absolute atomic E-state index is 13.9. The van der Waals surface area contributed by atoms with Crippen LogP contribution in [0.3, 0.4) is 0 Å². The number of pyridine rings is 3. The van der Waals surface area contributed by atoms with Crippen molar-refractivity contribution in [2.24, 2.45) is 0 Å². The molecule has 20 heteroatoms. The topological polar surface area (TPSA) is 238 Å². The van der Waals surface area contributed by atoms with Gasteiger partial charge in [-0.15, -0.1) is 0 Å². The first-order chi connectivity index (χ1) is 35.1. The second kappa shape index (κ2) is 25.2. The van der Waals surface area contributed by atoms with Gasteiger partial charge < -0.3 is 39.1 Å². The molecule has 0 saturated heterocycles. The van der Waals surface area contributed by atoms with Crippen molar-refractivity contribution in [2.45, 2.75) is 13.2 Å². The van der Waals surface area contributed by atoms with Gasteiger partial charge >= 0.3 is 41.5 Å². The molecule has 0 atom stereocenters. The fraction of sp³-hybridized carbons (Fsp3) is 0.0741. The van der Waals surface area contributed by atoms with E-state index >= 15 is 0 Å². The number of carboxylic acids is 3. The quantitative estimate of drug-likeness (QED) is 0.108. The SMILES string of the molecule is COc1ccc2nc(C(=O)[O-])cc(OCc3ccc(Br)cc3F)c2c1.N#CCOc1cc(C(=O)O)nc2ccc(F)cc12.N#Cc1ccccc1-c1ccc(COc2cc(C(=O)O)nc3ccc(F)cc23)cc1.[Na+]. The Morgan fingerprint density at radius 3 is 1.70 bits per heavy atom.